The summed E-state index contributed by atoms with van der Waals surface area (Å²) in [4.78, 5) is 0. The van der Waals surface area contributed by atoms with Crippen molar-refractivity contribution >= 4 is 15.9 Å². The van der Waals surface area contributed by atoms with E-state index in [-0.39, 0.29) is 0 Å². The topological polar surface area (TPSA) is 0 Å². The Kier molecular flexibility index (Phi) is 2.70. The fourth-order valence-corrected chi connectivity index (χ4v) is 5.77. The van der Waals surface area contributed by atoms with Gasteiger partial charge in [-0.1, -0.05) is 29.8 Å². The van der Waals surface area contributed by atoms with Crippen LogP contribution in [0.1, 0.15) is 58.8 Å². The van der Waals surface area contributed by atoms with E-state index in [1.54, 1.807) is 38.5 Å². The van der Waals surface area contributed by atoms with Crippen LogP contribution in [0, 0.1) is 28.6 Å². The van der Waals surface area contributed by atoms with Crippen molar-refractivity contribution in [2.24, 2.45) is 28.6 Å². The Bertz CT molecular complexity index is 244. The van der Waals surface area contributed by atoms with Crippen LogP contribution in [-0.4, -0.2) is 5.33 Å². The van der Waals surface area contributed by atoms with Gasteiger partial charge < -0.3 is 0 Å². The summed E-state index contributed by atoms with van der Waals surface area (Å²) in [5.74, 6) is 3.33. The van der Waals surface area contributed by atoms with E-state index < -0.39 is 0 Å². The van der Waals surface area contributed by atoms with E-state index in [1.807, 2.05) is 0 Å². The fourth-order valence-electron chi connectivity index (χ4n) is 5.57. The molecule has 0 aromatic heterocycles. The highest BCUT2D eigenvalue weighted by Gasteiger charge is 2.51. The smallest absolute Gasteiger partial charge is 0.00828 e. The lowest BCUT2D eigenvalue weighted by atomic mass is 9.47. The van der Waals surface area contributed by atoms with Crippen molar-refractivity contribution in [3.63, 3.8) is 0 Å². The standard InChI is InChI=1S/C15H25Br/c1-14(2,10-16)9-15-6-11-3-12(7-15)5-13(4-11)8-15/h11-13H,3-10H2,1-2H3. The van der Waals surface area contributed by atoms with Gasteiger partial charge in [0, 0.05) is 5.33 Å². The molecule has 0 heterocycles. The summed E-state index contributed by atoms with van der Waals surface area (Å²) >= 11 is 3.71. The van der Waals surface area contributed by atoms with E-state index in [0.717, 1.165) is 23.2 Å². The Labute approximate surface area is 109 Å². The van der Waals surface area contributed by atoms with Gasteiger partial charge in [-0.15, -0.1) is 0 Å². The van der Waals surface area contributed by atoms with E-state index >= 15 is 0 Å². The van der Waals surface area contributed by atoms with Crippen LogP contribution in [0.5, 0.6) is 0 Å². The van der Waals surface area contributed by atoms with Crippen LogP contribution < -0.4 is 0 Å². The van der Waals surface area contributed by atoms with Crippen molar-refractivity contribution in [1.82, 2.24) is 0 Å². The molecule has 0 nitrogen and oxygen atoms in total. The second-order valence-corrected chi connectivity index (χ2v) is 8.45. The molecule has 0 radical (unpaired) electrons. The van der Waals surface area contributed by atoms with Gasteiger partial charge in [0.2, 0.25) is 0 Å². The summed E-state index contributed by atoms with van der Waals surface area (Å²) in [6.45, 7) is 4.89. The highest BCUT2D eigenvalue weighted by atomic mass is 79.9. The molecule has 16 heavy (non-hydrogen) atoms. The van der Waals surface area contributed by atoms with Crippen molar-refractivity contribution in [3.05, 3.63) is 0 Å². The van der Waals surface area contributed by atoms with Crippen LogP contribution >= 0.6 is 15.9 Å². The Balaban J connectivity index is 1.78. The average molecular weight is 285 g/mol. The van der Waals surface area contributed by atoms with Crippen molar-refractivity contribution in [3.8, 4) is 0 Å². The average Bonchev–Trinajstić information content (AvgIpc) is 2.13. The maximum atomic E-state index is 3.71. The maximum Gasteiger partial charge on any atom is 0.00828 e. The SMILES string of the molecule is CC(C)(CBr)CC12CC3CC(CC(C3)C1)C2. The second-order valence-electron chi connectivity index (χ2n) is 7.89. The molecule has 92 valence electrons. The normalized spacial score (nSPS) is 46.3. The predicted octanol–water partition coefficient (Wildman–Crippen LogP) is 5.01. The first kappa shape index (κ1) is 11.6. The summed E-state index contributed by atoms with van der Waals surface area (Å²) in [7, 11) is 0. The van der Waals surface area contributed by atoms with Crippen LogP contribution in [0.2, 0.25) is 0 Å². The molecule has 0 spiro atoms. The van der Waals surface area contributed by atoms with E-state index in [2.05, 4.69) is 29.8 Å². The highest BCUT2D eigenvalue weighted by Crippen LogP contribution is 2.63. The fraction of sp³-hybridized carbons (Fsp3) is 1.00. The first-order valence-electron chi connectivity index (χ1n) is 7.06. The Hall–Kier alpha value is 0.480. The van der Waals surface area contributed by atoms with E-state index in [9.17, 15) is 0 Å². The number of hydrogen-bond acceptors (Lipinski definition) is 0. The summed E-state index contributed by atoms with van der Waals surface area (Å²) in [5, 5.41) is 1.17. The quantitative estimate of drug-likeness (QED) is 0.639. The van der Waals surface area contributed by atoms with Gasteiger partial charge in [-0.2, -0.15) is 0 Å². The molecule has 1 heteroatoms. The first-order valence-corrected chi connectivity index (χ1v) is 8.18. The molecular formula is C15H25Br. The van der Waals surface area contributed by atoms with E-state index in [1.165, 1.54) is 11.8 Å². The van der Waals surface area contributed by atoms with Crippen molar-refractivity contribution in [1.29, 1.82) is 0 Å². The minimum atomic E-state index is 0.506. The minimum absolute atomic E-state index is 0.506. The van der Waals surface area contributed by atoms with Gasteiger partial charge in [0.1, 0.15) is 0 Å². The molecule has 0 aromatic carbocycles. The Morgan fingerprint density at radius 3 is 1.81 bits per heavy atom. The molecule has 4 aliphatic carbocycles. The predicted molar refractivity (Wildman–Crippen MR) is 72.8 cm³/mol. The van der Waals surface area contributed by atoms with Crippen LogP contribution in [0.25, 0.3) is 0 Å². The Morgan fingerprint density at radius 2 is 1.44 bits per heavy atom. The number of alkyl halides is 1. The molecule has 0 aliphatic heterocycles. The molecule has 0 amide bonds. The number of hydrogen-bond donors (Lipinski definition) is 0. The molecular weight excluding hydrogens is 260 g/mol. The van der Waals surface area contributed by atoms with Crippen molar-refractivity contribution in [2.75, 3.05) is 5.33 Å². The van der Waals surface area contributed by atoms with Crippen LogP contribution in [0.15, 0.2) is 0 Å². The van der Waals surface area contributed by atoms with Gasteiger partial charge in [0.25, 0.3) is 0 Å². The molecule has 4 saturated carbocycles. The summed E-state index contributed by atoms with van der Waals surface area (Å²) in [6, 6.07) is 0. The minimum Gasteiger partial charge on any atom is -0.0922 e. The Morgan fingerprint density at radius 1 is 1.00 bits per heavy atom. The summed E-state index contributed by atoms with van der Waals surface area (Å²) < 4.78 is 0. The van der Waals surface area contributed by atoms with Gasteiger partial charge in [0.15, 0.2) is 0 Å². The van der Waals surface area contributed by atoms with Gasteiger partial charge in [-0.05, 0) is 73.5 Å². The second kappa shape index (κ2) is 3.73. The molecule has 0 saturated heterocycles. The van der Waals surface area contributed by atoms with Crippen LogP contribution in [0.4, 0.5) is 0 Å². The zero-order valence-corrected chi connectivity index (χ0v) is 12.4. The van der Waals surface area contributed by atoms with Crippen molar-refractivity contribution < 1.29 is 0 Å². The van der Waals surface area contributed by atoms with E-state index in [4.69, 9.17) is 0 Å². The lowest BCUT2D eigenvalue weighted by molar-refractivity contribution is -0.0716. The molecule has 0 aromatic rings. The summed E-state index contributed by atoms with van der Waals surface area (Å²) in [5.41, 5.74) is 1.26. The maximum absolute atomic E-state index is 3.71. The molecule has 4 fully saturated rings. The van der Waals surface area contributed by atoms with Gasteiger partial charge in [0.05, 0.1) is 0 Å². The molecule has 4 aliphatic rings. The molecule has 0 N–H and O–H groups in total. The van der Waals surface area contributed by atoms with Gasteiger partial charge >= 0.3 is 0 Å². The molecule has 0 atom stereocenters. The van der Waals surface area contributed by atoms with Gasteiger partial charge in [-0.3, -0.25) is 0 Å². The number of halogens is 1. The van der Waals surface area contributed by atoms with Crippen LogP contribution in [-0.2, 0) is 0 Å². The third-order valence-corrected chi connectivity index (χ3v) is 6.90. The van der Waals surface area contributed by atoms with Gasteiger partial charge in [-0.25, -0.2) is 0 Å². The molecule has 4 bridgehead atoms. The lowest BCUT2D eigenvalue weighted by Gasteiger charge is -2.58. The molecule has 0 unspecified atom stereocenters. The monoisotopic (exact) mass is 284 g/mol. The largest absolute Gasteiger partial charge is 0.0922 e. The number of rotatable bonds is 3. The first-order chi connectivity index (χ1) is 7.50. The third-order valence-electron chi connectivity index (χ3n) is 5.38. The van der Waals surface area contributed by atoms with Crippen molar-refractivity contribution in [2.45, 2.75) is 58.8 Å². The zero-order valence-electron chi connectivity index (χ0n) is 10.8. The lowest BCUT2D eigenvalue weighted by Crippen LogP contribution is -2.47. The van der Waals surface area contributed by atoms with Crippen LogP contribution in [0.3, 0.4) is 0 Å². The van der Waals surface area contributed by atoms with E-state index in [0.29, 0.717) is 5.41 Å². The molecule has 4 rings (SSSR count). The zero-order chi connectivity index (χ0) is 11.4. The summed E-state index contributed by atoms with van der Waals surface area (Å²) in [6.07, 6.45) is 10.9. The highest BCUT2D eigenvalue weighted by molar-refractivity contribution is 9.09. The third kappa shape index (κ3) is 1.98.